The number of anilines is 2. The minimum atomic E-state index is -3.74. The number of sulfonamides is 2. The number of hydrogen-bond donors (Lipinski definition) is 2. The van der Waals surface area contributed by atoms with Gasteiger partial charge in [-0.15, -0.1) is 11.3 Å². The maximum atomic E-state index is 12.3. The van der Waals surface area contributed by atoms with Crippen LogP contribution in [0.2, 0.25) is 0 Å². The molecular weight excluding hydrogens is 332 g/mol. The predicted octanol–water partition coefficient (Wildman–Crippen LogP) is 2.23. The summed E-state index contributed by atoms with van der Waals surface area (Å²) in [6.07, 6.45) is 1.00. The van der Waals surface area contributed by atoms with E-state index in [-0.39, 0.29) is 15.6 Å². The summed E-state index contributed by atoms with van der Waals surface area (Å²) in [5, 5.41) is 0. The van der Waals surface area contributed by atoms with E-state index in [0.29, 0.717) is 0 Å². The molecule has 0 spiro atoms. The molecular formula is C12H14N2O4S3. The van der Waals surface area contributed by atoms with Crippen molar-refractivity contribution in [3.05, 3.63) is 41.3 Å². The number of thiophene rings is 1. The average Bonchev–Trinajstić information content (AvgIpc) is 2.77. The van der Waals surface area contributed by atoms with Gasteiger partial charge in [0.05, 0.1) is 17.6 Å². The molecule has 21 heavy (non-hydrogen) atoms. The number of benzene rings is 1. The van der Waals surface area contributed by atoms with Gasteiger partial charge in [0, 0.05) is 4.88 Å². The number of aryl methyl sites for hydroxylation is 1. The Morgan fingerprint density at radius 3 is 1.95 bits per heavy atom. The number of nitrogens with one attached hydrogen (secondary N) is 2. The van der Waals surface area contributed by atoms with Crippen LogP contribution in [-0.4, -0.2) is 23.1 Å². The minimum absolute atomic E-state index is 0.175. The van der Waals surface area contributed by atoms with E-state index in [1.54, 1.807) is 18.2 Å². The SMILES string of the molecule is Cc1ccc(S(=O)(=O)Nc2ccccc2NS(C)(=O)=O)s1. The molecule has 0 bridgehead atoms. The molecule has 0 atom stereocenters. The Kier molecular flexibility index (Phi) is 4.26. The third kappa shape index (κ3) is 4.19. The van der Waals surface area contributed by atoms with Crippen LogP contribution in [0.5, 0.6) is 0 Å². The summed E-state index contributed by atoms with van der Waals surface area (Å²) in [7, 11) is -7.23. The van der Waals surface area contributed by atoms with Gasteiger partial charge in [-0.2, -0.15) is 0 Å². The number of hydrogen-bond acceptors (Lipinski definition) is 5. The lowest BCUT2D eigenvalue weighted by molar-refractivity contribution is 0.602. The van der Waals surface area contributed by atoms with Crippen LogP contribution in [0.1, 0.15) is 4.88 Å². The summed E-state index contributed by atoms with van der Waals surface area (Å²) in [5.74, 6) is 0. The highest BCUT2D eigenvalue weighted by atomic mass is 32.2. The van der Waals surface area contributed by atoms with E-state index in [9.17, 15) is 16.8 Å². The first-order valence-electron chi connectivity index (χ1n) is 5.83. The zero-order valence-electron chi connectivity index (χ0n) is 11.3. The van der Waals surface area contributed by atoms with Crippen molar-refractivity contribution >= 4 is 42.8 Å². The van der Waals surface area contributed by atoms with Crippen LogP contribution in [-0.2, 0) is 20.0 Å². The first-order valence-corrected chi connectivity index (χ1v) is 10.0. The minimum Gasteiger partial charge on any atom is -0.282 e. The second-order valence-corrected chi connectivity index (χ2v) is 9.34. The Labute approximate surface area is 127 Å². The molecule has 2 rings (SSSR count). The van der Waals surface area contributed by atoms with Gasteiger partial charge >= 0.3 is 0 Å². The molecule has 114 valence electrons. The number of rotatable bonds is 5. The molecule has 1 aromatic carbocycles. The average molecular weight is 346 g/mol. The molecule has 0 unspecified atom stereocenters. The van der Waals surface area contributed by atoms with E-state index in [1.807, 2.05) is 6.92 Å². The third-order valence-electron chi connectivity index (χ3n) is 2.45. The lowest BCUT2D eigenvalue weighted by Crippen LogP contribution is -2.15. The van der Waals surface area contributed by atoms with E-state index < -0.39 is 20.0 Å². The summed E-state index contributed by atoms with van der Waals surface area (Å²) in [5.41, 5.74) is 0.353. The zero-order valence-corrected chi connectivity index (χ0v) is 13.8. The van der Waals surface area contributed by atoms with Crippen LogP contribution in [0, 0.1) is 6.92 Å². The molecule has 0 fully saturated rings. The summed E-state index contributed by atoms with van der Waals surface area (Å²) < 4.78 is 52.0. The van der Waals surface area contributed by atoms with Gasteiger partial charge in [0.15, 0.2) is 0 Å². The summed E-state index contributed by atoms with van der Waals surface area (Å²) in [4.78, 5) is 0.873. The highest BCUT2D eigenvalue weighted by Gasteiger charge is 2.18. The van der Waals surface area contributed by atoms with Gasteiger partial charge in [-0.3, -0.25) is 9.44 Å². The lowest BCUT2D eigenvalue weighted by atomic mass is 10.3. The molecule has 0 aliphatic carbocycles. The normalized spacial score (nSPS) is 12.1. The van der Waals surface area contributed by atoms with Crippen molar-refractivity contribution < 1.29 is 16.8 Å². The first-order chi connectivity index (χ1) is 9.67. The van der Waals surface area contributed by atoms with Crippen molar-refractivity contribution in [2.45, 2.75) is 11.1 Å². The Morgan fingerprint density at radius 2 is 1.48 bits per heavy atom. The molecule has 2 N–H and O–H groups in total. The topological polar surface area (TPSA) is 92.3 Å². The molecule has 1 aromatic heterocycles. The maximum Gasteiger partial charge on any atom is 0.271 e. The predicted molar refractivity (Wildman–Crippen MR) is 84.8 cm³/mol. The van der Waals surface area contributed by atoms with Crippen LogP contribution in [0.4, 0.5) is 11.4 Å². The molecule has 2 aromatic rings. The van der Waals surface area contributed by atoms with E-state index >= 15 is 0 Å². The molecule has 0 saturated carbocycles. The Hall–Kier alpha value is -1.58. The molecule has 0 amide bonds. The Balaban J connectivity index is 2.36. The van der Waals surface area contributed by atoms with Crippen molar-refractivity contribution in [2.24, 2.45) is 0 Å². The smallest absolute Gasteiger partial charge is 0.271 e. The fourth-order valence-electron chi connectivity index (χ4n) is 1.61. The van der Waals surface area contributed by atoms with Gasteiger partial charge in [0.25, 0.3) is 10.0 Å². The summed E-state index contributed by atoms with van der Waals surface area (Å²) >= 11 is 1.14. The highest BCUT2D eigenvalue weighted by molar-refractivity contribution is 7.94. The van der Waals surface area contributed by atoms with Crippen molar-refractivity contribution in [1.29, 1.82) is 0 Å². The molecule has 1 heterocycles. The van der Waals surface area contributed by atoms with Crippen molar-refractivity contribution in [2.75, 3.05) is 15.7 Å². The first kappa shape index (κ1) is 15.8. The molecule has 0 saturated heterocycles. The third-order valence-corrected chi connectivity index (χ3v) is 5.90. The van der Waals surface area contributed by atoms with Crippen LogP contribution < -0.4 is 9.44 Å². The van der Waals surface area contributed by atoms with E-state index in [2.05, 4.69) is 9.44 Å². The molecule has 9 heteroatoms. The van der Waals surface area contributed by atoms with Gasteiger partial charge in [-0.1, -0.05) is 12.1 Å². The molecule has 0 radical (unpaired) electrons. The van der Waals surface area contributed by atoms with Crippen LogP contribution >= 0.6 is 11.3 Å². The molecule has 6 nitrogen and oxygen atoms in total. The van der Waals surface area contributed by atoms with Gasteiger partial charge < -0.3 is 0 Å². The standard InChI is InChI=1S/C12H14N2O4S3/c1-9-7-8-12(19-9)21(17,18)14-11-6-4-3-5-10(11)13-20(2,15)16/h3-8,13-14H,1-2H3. The second-order valence-electron chi connectivity index (χ2n) is 4.39. The molecule has 0 aliphatic heterocycles. The quantitative estimate of drug-likeness (QED) is 0.868. The van der Waals surface area contributed by atoms with Gasteiger partial charge in [-0.25, -0.2) is 16.8 Å². The van der Waals surface area contributed by atoms with Crippen molar-refractivity contribution in [3.63, 3.8) is 0 Å². The van der Waals surface area contributed by atoms with Crippen LogP contribution in [0.25, 0.3) is 0 Å². The maximum absolute atomic E-state index is 12.3. The van der Waals surface area contributed by atoms with E-state index in [0.717, 1.165) is 22.5 Å². The number of para-hydroxylation sites is 2. The largest absolute Gasteiger partial charge is 0.282 e. The Morgan fingerprint density at radius 1 is 0.905 bits per heavy atom. The van der Waals surface area contributed by atoms with Gasteiger partial charge in [0.2, 0.25) is 10.0 Å². The molecule has 0 aliphatic rings. The van der Waals surface area contributed by atoms with Gasteiger partial charge in [-0.05, 0) is 31.2 Å². The Bertz CT molecular complexity index is 854. The monoisotopic (exact) mass is 346 g/mol. The van der Waals surface area contributed by atoms with E-state index in [1.165, 1.54) is 18.2 Å². The second kappa shape index (κ2) is 5.66. The summed E-state index contributed by atoms with van der Waals surface area (Å²) in [6, 6.07) is 9.42. The lowest BCUT2D eigenvalue weighted by Gasteiger charge is -2.12. The fourth-order valence-corrected chi connectivity index (χ4v) is 4.55. The van der Waals surface area contributed by atoms with Crippen molar-refractivity contribution in [3.8, 4) is 0 Å². The zero-order chi connectivity index (χ0) is 15.7. The van der Waals surface area contributed by atoms with Crippen LogP contribution in [0.15, 0.2) is 40.6 Å². The van der Waals surface area contributed by atoms with Crippen LogP contribution in [0.3, 0.4) is 0 Å². The van der Waals surface area contributed by atoms with E-state index in [4.69, 9.17) is 0 Å². The van der Waals surface area contributed by atoms with Gasteiger partial charge in [0.1, 0.15) is 4.21 Å². The van der Waals surface area contributed by atoms with Crippen molar-refractivity contribution in [1.82, 2.24) is 0 Å². The summed E-state index contributed by atoms with van der Waals surface area (Å²) in [6.45, 7) is 1.81. The fraction of sp³-hybridized carbons (Fsp3) is 0.167. The highest BCUT2D eigenvalue weighted by Crippen LogP contribution is 2.27.